The Hall–Kier alpha value is -2.28. The molecule has 0 aliphatic heterocycles. The zero-order valence-electron chi connectivity index (χ0n) is 16.9. The zero-order chi connectivity index (χ0) is 19.6. The zero-order valence-corrected chi connectivity index (χ0v) is 17.7. The summed E-state index contributed by atoms with van der Waals surface area (Å²) >= 11 is 1.69. The summed E-state index contributed by atoms with van der Waals surface area (Å²) in [4.78, 5) is 11.4. The molecule has 1 heterocycles. The van der Waals surface area contributed by atoms with Gasteiger partial charge in [0.05, 0.1) is 24.9 Å². The lowest BCUT2D eigenvalue weighted by Crippen LogP contribution is -2.40. The van der Waals surface area contributed by atoms with Crippen molar-refractivity contribution in [2.75, 3.05) is 40.9 Å². The fourth-order valence-electron chi connectivity index (χ4n) is 2.71. The highest BCUT2D eigenvalue weighted by Crippen LogP contribution is 2.27. The number of nitrogens with one attached hydrogen (secondary N) is 1. The molecule has 0 atom stereocenters. The predicted molar refractivity (Wildman–Crippen MR) is 112 cm³/mol. The van der Waals surface area contributed by atoms with Crippen LogP contribution in [0, 0.1) is 6.92 Å². The van der Waals surface area contributed by atoms with E-state index in [9.17, 15) is 0 Å². The minimum absolute atomic E-state index is 0.728. The van der Waals surface area contributed by atoms with Gasteiger partial charge >= 0.3 is 0 Å². The van der Waals surface area contributed by atoms with Crippen LogP contribution in [0.25, 0.3) is 0 Å². The third kappa shape index (κ3) is 6.43. The van der Waals surface area contributed by atoms with Crippen LogP contribution in [0.1, 0.15) is 23.2 Å². The minimum Gasteiger partial charge on any atom is -0.493 e. The summed E-state index contributed by atoms with van der Waals surface area (Å²) in [5.74, 6) is 2.43. The first-order valence-electron chi connectivity index (χ1n) is 9.18. The van der Waals surface area contributed by atoms with Crippen molar-refractivity contribution < 1.29 is 9.47 Å². The number of aliphatic imine (C=N–C) groups is 1. The molecule has 148 valence electrons. The number of hydrogen-bond acceptors (Lipinski definition) is 5. The van der Waals surface area contributed by atoms with Crippen LogP contribution in [0.2, 0.25) is 0 Å². The largest absolute Gasteiger partial charge is 0.493 e. The van der Waals surface area contributed by atoms with Crippen LogP contribution in [-0.4, -0.2) is 56.7 Å². The normalized spacial score (nSPS) is 11.4. The van der Waals surface area contributed by atoms with Crippen molar-refractivity contribution >= 4 is 17.3 Å². The van der Waals surface area contributed by atoms with Crippen LogP contribution in [0.5, 0.6) is 11.5 Å². The van der Waals surface area contributed by atoms with E-state index in [1.54, 1.807) is 25.6 Å². The van der Waals surface area contributed by atoms with Gasteiger partial charge in [0.25, 0.3) is 0 Å². The molecule has 0 aliphatic rings. The SMILES string of the molecule is CCNC(=NCCc1csc(C)n1)N(C)CCc1ccc(OC)c(OC)c1. The predicted octanol–water partition coefficient (Wildman–Crippen LogP) is 3.15. The molecule has 0 aliphatic carbocycles. The molecule has 6 nitrogen and oxygen atoms in total. The summed E-state index contributed by atoms with van der Waals surface area (Å²) in [5, 5.41) is 6.58. The molecule has 0 spiro atoms. The van der Waals surface area contributed by atoms with E-state index >= 15 is 0 Å². The van der Waals surface area contributed by atoms with E-state index in [0.29, 0.717) is 0 Å². The Bertz CT molecular complexity index is 745. The highest BCUT2D eigenvalue weighted by Gasteiger charge is 2.08. The van der Waals surface area contributed by atoms with E-state index in [1.807, 2.05) is 19.1 Å². The molecule has 0 fully saturated rings. The van der Waals surface area contributed by atoms with Crippen LogP contribution in [0.4, 0.5) is 0 Å². The fraction of sp³-hybridized carbons (Fsp3) is 0.500. The summed E-state index contributed by atoms with van der Waals surface area (Å²) in [7, 11) is 5.38. The Labute approximate surface area is 166 Å². The smallest absolute Gasteiger partial charge is 0.193 e. The Balaban J connectivity index is 1.93. The van der Waals surface area contributed by atoms with E-state index in [0.717, 1.165) is 60.6 Å². The third-order valence-electron chi connectivity index (χ3n) is 4.18. The average Bonchev–Trinajstić information content (AvgIpc) is 3.10. The second-order valence-electron chi connectivity index (χ2n) is 6.20. The van der Waals surface area contributed by atoms with Gasteiger partial charge in [-0.05, 0) is 38.0 Å². The van der Waals surface area contributed by atoms with Gasteiger partial charge in [-0.25, -0.2) is 4.98 Å². The summed E-state index contributed by atoms with van der Waals surface area (Å²) in [6.45, 7) is 6.55. The molecular weight excluding hydrogens is 360 g/mol. The van der Waals surface area contributed by atoms with Gasteiger partial charge in [-0.2, -0.15) is 0 Å². The number of hydrogen-bond donors (Lipinski definition) is 1. The molecule has 0 amide bonds. The molecular formula is C20H30N4O2S. The van der Waals surface area contributed by atoms with Crippen molar-refractivity contribution in [3.8, 4) is 11.5 Å². The number of nitrogens with zero attached hydrogens (tertiary/aromatic N) is 3. The molecule has 27 heavy (non-hydrogen) atoms. The molecule has 2 rings (SSSR count). The molecule has 0 saturated heterocycles. The average molecular weight is 391 g/mol. The van der Waals surface area contributed by atoms with Crippen molar-refractivity contribution in [2.45, 2.75) is 26.7 Å². The molecule has 1 aromatic heterocycles. The monoisotopic (exact) mass is 390 g/mol. The number of aryl methyl sites for hydroxylation is 1. The Morgan fingerprint density at radius 2 is 2.00 bits per heavy atom. The number of guanidine groups is 1. The number of ether oxygens (including phenoxy) is 2. The molecule has 1 aromatic carbocycles. The number of rotatable bonds is 9. The molecule has 0 unspecified atom stereocenters. The van der Waals surface area contributed by atoms with Crippen molar-refractivity contribution in [2.24, 2.45) is 4.99 Å². The summed E-state index contributed by atoms with van der Waals surface area (Å²) in [6.07, 6.45) is 1.76. The first kappa shape index (κ1) is 21.0. The Morgan fingerprint density at radius 3 is 2.63 bits per heavy atom. The third-order valence-corrected chi connectivity index (χ3v) is 5.00. The van der Waals surface area contributed by atoms with Gasteiger partial charge in [0.2, 0.25) is 0 Å². The second-order valence-corrected chi connectivity index (χ2v) is 7.27. The van der Waals surface area contributed by atoms with Crippen molar-refractivity contribution in [3.05, 3.63) is 39.8 Å². The quantitative estimate of drug-likeness (QED) is 0.526. The first-order valence-corrected chi connectivity index (χ1v) is 10.1. The standard InChI is InChI=1S/C20H30N4O2S/c1-6-21-20(22-11-9-17-14-27-15(2)23-17)24(3)12-10-16-7-8-18(25-4)19(13-16)26-5/h7-8,13-14H,6,9-12H2,1-5H3,(H,21,22). The number of benzene rings is 1. The van der Waals surface area contributed by atoms with Gasteiger partial charge < -0.3 is 19.7 Å². The van der Waals surface area contributed by atoms with Crippen LogP contribution < -0.4 is 14.8 Å². The number of methoxy groups -OCH3 is 2. The molecule has 7 heteroatoms. The molecule has 2 aromatic rings. The van der Waals surface area contributed by atoms with Crippen LogP contribution in [0.15, 0.2) is 28.6 Å². The number of aromatic nitrogens is 1. The van der Waals surface area contributed by atoms with Crippen molar-refractivity contribution in [3.63, 3.8) is 0 Å². The Kier molecular flexibility index (Phi) is 8.39. The van der Waals surface area contributed by atoms with Gasteiger partial charge in [-0.3, -0.25) is 4.99 Å². The van der Waals surface area contributed by atoms with Gasteiger partial charge in [-0.15, -0.1) is 11.3 Å². The highest BCUT2D eigenvalue weighted by molar-refractivity contribution is 7.09. The fourth-order valence-corrected chi connectivity index (χ4v) is 3.36. The topological polar surface area (TPSA) is 59.0 Å². The van der Waals surface area contributed by atoms with Crippen LogP contribution in [0.3, 0.4) is 0 Å². The summed E-state index contributed by atoms with van der Waals surface area (Å²) in [5.41, 5.74) is 2.32. The van der Waals surface area contributed by atoms with Crippen LogP contribution in [-0.2, 0) is 12.8 Å². The van der Waals surface area contributed by atoms with Crippen molar-refractivity contribution in [1.82, 2.24) is 15.2 Å². The van der Waals surface area contributed by atoms with Gasteiger partial charge in [-0.1, -0.05) is 6.07 Å². The van der Waals surface area contributed by atoms with E-state index in [2.05, 4.69) is 40.6 Å². The first-order chi connectivity index (χ1) is 13.1. The molecule has 1 N–H and O–H groups in total. The van der Waals surface area contributed by atoms with Gasteiger partial charge in [0.15, 0.2) is 17.5 Å². The second kappa shape index (κ2) is 10.8. The summed E-state index contributed by atoms with van der Waals surface area (Å²) in [6, 6.07) is 6.05. The van der Waals surface area contributed by atoms with E-state index in [1.165, 1.54) is 5.56 Å². The minimum atomic E-state index is 0.728. The lowest BCUT2D eigenvalue weighted by molar-refractivity contribution is 0.354. The molecule has 0 bridgehead atoms. The maximum Gasteiger partial charge on any atom is 0.193 e. The van der Waals surface area contributed by atoms with Crippen molar-refractivity contribution in [1.29, 1.82) is 0 Å². The van der Waals surface area contributed by atoms with E-state index in [-0.39, 0.29) is 0 Å². The Morgan fingerprint density at radius 1 is 1.22 bits per heavy atom. The van der Waals surface area contributed by atoms with E-state index < -0.39 is 0 Å². The van der Waals surface area contributed by atoms with E-state index in [4.69, 9.17) is 14.5 Å². The lowest BCUT2D eigenvalue weighted by Gasteiger charge is -2.22. The highest BCUT2D eigenvalue weighted by atomic mass is 32.1. The summed E-state index contributed by atoms with van der Waals surface area (Å²) < 4.78 is 10.7. The number of thiazole rings is 1. The maximum absolute atomic E-state index is 5.39. The van der Waals surface area contributed by atoms with Crippen LogP contribution >= 0.6 is 11.3 Å². The van der Waals surface area contributed by atoms with Gasteiger partial charge in [0, 0.05) is 38.5 Å². The lowest BCUT2D eigenvalue weighted by atomic mass is 10.1. The van der Waals surface area contributed by atoms with Gasteiger partial charge in [0.1, 0.15) is 0 Å². The molecule has 0 radical (unpaired) electrons. The number of likely N-dealkylation sites (N-methyl/N-ethyl adjacent to an activating group) is 1. The molecule has 0 saturated carbocycles. The maximum atomic E-state index is 5.39.